The van der Waals surface area contributed by atoms with Crippen molar-refractivity contribution < 1.29 is 21.8 Å². The van der Waals surface area contributed by atoms with E-state index < -0.39 is 38.0 Å². The van der Waals surface area contributed by atoms with E-state index in [9.17, 15) is 17.2 Å². The minimum Gasteiger partial charge on any atom is -0.396 e. The van der Waals surface area contributed by atoms with E-state index in [2.05, 4.69) is 0 Å². The monoisotopic (exact) mass is 224 g/mol. The predicted molar refractivity (Wildman–Crippen MR) is 45.0 cm³/mol. The van der Waals surface area contributed by atoms with Crippen molar-refractivity contribution in [1.29, 1.82) is 0 Å². The Kier molecular flexibility index (Phi) is 2.34. The lowest BCUT2D eigenvalue weighted by Crippen LogP contribution is -2.09. The average molecular weight is 224 g/mol. The van der Waals surface area contributed by atoms with Gasteiger partial charge in [-0.3, -0.25) is 4.55 Å². The molecule has 0 saturated carbocycles. The summed E-state index contributed by atoms with van der Waals surface area (Å²) in [5.41, 5.74) is 8.47. The summed E-state index contributed by atoms with van der Waals surface area (Å²) in [6.45, 7) is 0. The summed E-state index contributed by atoms with van der Waals surface area (Å²) in [6.07, 6.45) is 0. The van der Waals surface area contributed by atoms with Gasteiger partial charge in [-0.2, -0.15) is 8.42 Å². The molecule has 0 aliphatic carbocycles. The maximum atomic E-state index is 12.7. The highest BCUT2D eigenvalue weighted by atomic mass is 32.2. The number of halogens is 2. The number of benzene rings is 1. The molecule has 0 amide bonds. The van der Waals surface area contributed by atoms with Crippen LogP contribution in [0.2, 0.25) is 0 Å². The van der Waals surface area contributed by atoms with Crippen molar-refractivity contribution in [2.45, 2.75) is 4.90 Å². The van der Waals surface area contributed by atoms with Crippen LogP contribution < -0.4 is 11.5 Å². The Hall–Kier alpha value is -1.41. The molecule has 0 aliphatic heterocycles. The zero-order chi connectivity index (χ0) is 11.1. The molecule has 0 aromatic heterocycles. The highest BCUT2D eigenvalue weighted by Crippen LogP contribution is 2.28. The van der Waals surface area contributed by atoms with E-state index in [0.29, 0.717) is 0 Å². The molecule has 0 unspecified atom stereocenters. The fraction of sp³-hybridized carbons (Fsp3) is 0. The third-order valence-corrected chi connectivity index (χ3v) is 2.43. The molecule has 0 fully saturated rings. The zero-order valence-electron chi connectivity index (χ0n) is 6.66. The van der Waals surface area contributed by atoms with Crippen LogP contribution >= 0.6 is 0 Å². The van der Waals surface area contributed by atoms with Gasteiger partial charge in [-0.05, 0) is 0 Å². The second kappa shape index (κ2) is 3.07. The van der Waals surface area contributed by atoms with Gasteiger partial charge in [0.15, 0.2) is 11.6 Å². The van der Waals surface area contributed by atoms with Crippen molar-refractivity contribution in [3.8, 4) is 0 Å². The Morgan fingerprint density at radius 3 is 2.14 bits per heavy atom. The number of nitrogen functional groups attached to an aromatic ring is 2. The normalized spacial score (nSPS) is 11.6. The first-order valence-corrected chi connectivity index (χ1v) is 4.69. The van der Waals surface area contributed by atoms with E-state index in [4.69, 9.17) is 16.0 Å². The lowest BCUT2D eigenvalue weighted by atomic mass is 10.2. The molecule has 14 heavy (non-hydrogen) atoms. The second-order valence-corrected chi connectivity index (χ2v) is 3.86. The van der Waals surface area contributed by atoms with Crippen LogP contribution in [-0.4, -0.2) is 13.0 Å². The summed E-state index contributed by atoms with van der Waals surface area (Å²) in [5, 5.41) is 0. The molecule has 5 N–H and O–H groups in total. The summed E-state index contributed by atoms with van der Waals surface area (Å²) >= 11 is 0. The summed E-state index contributed by atoms with van der Waals surface area (Å²) < 4.78 is 55.1. The van der Waals surface area contributed by atoms with Gasteiger partial charge in [0.1, 0.15) is 4.90 Å². The number of hydrogen-bond donors (Lipinski definition) is 3. The number of anilines is 2. The summed E-state index contributed by atoms with van der Waals surface area (Å²) in [7, 11) is -4.71. The molecule has 0 saturated heterocycles. The molecule has 78 valence electrons. The SMILES string of the molecule is Nc1c(S(=O)(=O)O)cc(F)c(F)c1N. The highest BCUT2D eigenvalue weighted by Gasteiger charge is 2.21. The Morgan fingerprint density at radius 2 is 1.71 bits per heavy atom. The minimum atomic E-state index is -4.71. The van der Waals surface area contributed by atoms with Gasteiger partial charge in [-0.15, -0.1) is 0 Å². The minimum absolute atomic E-state index is 0.260. The molecule has 1 aromatic carbocycles. The van der Waals surface area contributed by atoms with Crippen LogP contribution in [0, 0.1) is 11.6 Å². The highest BCUT2D eigenvalue weighted by molar-refractivity contribution is 7.86. The van der Waals surface area contributed by atoms with E-state index in [1.165, 1.54) is 0 Å². The molecule has 0 heterocycles. The van der Waals surface area contributed by atoms with Crippen molar-refractivity contribution in [3.05, 3.63) is 17.7 Å². The maximum Gasteiger partial charge on any atom is 0.296 e. The quantitative estimate of drug-likeness (QED) is 0.472. The molecule has 0 aliphatic rings. The van der Waals surface area contributed by atoms with E-state index in [0.717, 1.165) is 0 Å². The van der Waals surface area contributed by atoms with E-state index in [1.54, 1.807) is 0 Å². The summed E-state index contributed by atoms with van der Waals surface area (Å²) in [6, 6.07) is 0.260. The van der Waals surface area contributed by atoms with Gasteiger partial charge < -0.3 is 11.5 Å². The topological polar surface area (TPSA) is 106 Å². The van der Waals surface area contributed by atoms with Crippen molar-refractivity contribution in [2.24, 2.45) is 0 Å². The smallest absolute Gasteiger partial charge is 0.296 e. The molecule has 8 heteroatoms. The third kappa shape index (κ3) is 1.61. The van der Waals surface area contributed by atoms with Crippen LogP contribution in [0.4, 0.5) is 20.2 Å². The fourth-order valence-electron chi connectivity index (χ4n) is 0.849. The van der Waals surface area contributed by atoms with Gasteiger partial charge in [0.25, 0.3) is 10.1 Å². The number of nitrogens with two attached hydrogens (primary N) is 2. The van der Waals surface area contributed by atoms with Crippen LogP contribution in [-0.2, 0) is 10.1 Å². The van der Waals surface area contributed by atoms with Gasteiger partial charge in [0.2, 0.25) is 0 Å². The van der Waals surface area contributed by atoms with E-state index >= 15 is 0 Å². The molecule has 1 rings (SSSR count). The van der Waals surface area contributed by atoms with Crippen LogP contribution in [0.3, 0.4) is 0 Å². The van der Waals surface area contributed by atoms with Crippen LogP contribution in [0.5, 0.6) is 0 Å². The third-order valence-electron chi connectivity index (χ3n) is 1.54. The molecule has 0 spiro atoms. The van der Waals surface area contributed by atoms with Crippen LogP contribution in [0.1, 0.15) is 0 Å². The summed E-state index contributed by atoms with van der Waals surface area (Å²) in [4.78, 5) is -0.950. The standard InChI is InChI=1S/C6H6F2N2O3S/c7-2-1-3(14(11,12)13)5(9)6(10)4(2)8/h1H,9-10H2,(H,11,12,13). The Balaban J connectivity index is 3.66. The molecule has 1 aromatic rings. The van der Waals surface area contributed by atoms with Gasteiger partial charge in [0, 0.05) is 6.07 Å². The molecular weight excluding hydrogens is 218 g/mol. The predicted octanol–water partition coefficient (Wildman–Crippen LogP) is 0.376. The first-order chi connectivity index (χ1) is 6.25. The lowest BCUT2D eigenvalue weighted by molar-refractivity contribution is 0.478. The lowest BCUT2D eigenvalue weighted by Gasteiger charge is -2.06. The first kappa shape index (κ1) is 10.7. The van der Waals surface area contributed by atoms with Crippen LogP contribution in [0.25, 0.3) is 0 Å². The average Bonchev–Trinajstić information content (AvgIpc) is 2.06. The molecular formula is C6H6F2N2O3S. The second-order valence-electron chi connectivity index (χ2n) is 2.47. The zero-order valence-corrected chi connectivity index (χ0v) is 7.48. The first-order valence-electron chi connectivity index (χ1n) is 3.25. The van der Waals surface area contributed by atoms with Gasteiger partial charge in [-0.25, -0.2) is 8.78 Å². The van der Waals surface area contributed by atoms with Crippen molar-refractivity contribution in [3.63, 3.8) is 0 Å². The van der Waals surface area contributed by atoms with E-state index in [-0.39, 0.29) is 6.07 Å². The molecule has 0 atom stereocenters. The number of hydrogen-bond acceptors (Lipinski definition) is 4. The molecule has 0 radical (unpaired) electrons. The Morgan fingerprint density at radius 1 is 1.21 bits per heavy atom. The fourth-order valence-corrected chi connectivity index (χ4v) is 1.49. The number of rotatable bonds is 1. The largest absolute Gasteiger partial charge is 0.396 e. The van der Waals surface area contributed by atoms with Gasteiger partial charge in [-0.1, -0.05) is 0 Å². The maximum absolute atomic E-state index is 12.7. The van der Waals surface area contributed by atoms with Gasteiger partial charge in [0.05, 0.1) is 11.4 Å². The Labute approximate surface area is 78.1 Å². The Bertz CT molecular complexity index is 486. The molecule has 5 nitrogen and oxygen atoms in total. The summed E-state index contributed by atoms with van der Waals surface area (Å²) in [5.74, 6) is -2.95. The molecule has 0 bridgehead atoms. The van der Waals surface area contributed by atoms with Crippen molar-refractivity contribution in [2.75, 3.05) is 11.5 Å². The van der Waals surface area contributed by atoms with E-state index in [1.807, 2.05) is 0 Å². The van der Waals surface area contributed by atoms with Gasteiger partial charge >= 0.3 is 0 Å². The van der Waals surface area contributed by atoms with Crippen LogP contribution in [0.15, 0.2) is 11.0 Å². The van der Waals surface area contributed by atoms with Crippen molar-refractivity contribution >= 4 is 21.5 Å². The van der Waals surface area contributed by atoms with Crippen molar-refractivity contribution in [1.82, 2.24) is 0 Å².